The van der Waals surface area contributed by atoms with E-state index < -0.39 is 7.12 Å². The number of benzene rings is 1. The standard InChI is InChI=1S/C12H18BNO3/c15-13(16)12-4-2-11(3-5-12)10-14-6-1-8-17-9-7-14/h2-5,15-16H,1,6-10H2. The molecule has 17 heavy (non-hydrogen) atoms. The fourth-order valence-electron chi connectivity index (χ4n) is 2.01. The normalized spacial score (nSPS) is 17.8. The van der Waals surface area contributed by atoms with Crippen molar-refractivity contribution in [3.63, 3.8) is 0 Å². The smallest absolute Gasteiger partial charge is 0.423 e. The number of rotatable bonds is 3. The van der Waals surface area contributed by atoms with Gasteiger partial charge in [0.1, 0.15) is 0 Å². The van der Waals surface area contributed by atoms with E-state index in [1.165, 1.54) is 5.56 Å². The van der Waals surface area contributed by atoms with Crippen LogP contribution in [0, 0.1) is 0 Å². The third kappa shape index (κ3) is 3.82. The summed E-state index contributed by atoms with van der Waals surface area (Å²) in [5.41, 5.74) is 1.73. The van der Waals surface area contributed by atoms with Crippen LogP contribution in [0.4, 0.5) is 0 Å². The lowest BCUT2D eigenvalue weighted by atomic mass is 9.80. The van der Waals surface area contributed by atoms with Gasteiger partial charge in [-0.05, 0) is 17.4 Å². The second-order valence-electron chi connectivity index (χ2n) is 4.36. The Morgan fingerprint density at radius 3 is 2.59 bits per heavy atom. The third-order valence-electron chi connectivity index (χ3n) is 3.00. The van der Waals surface area contributed by atoms with Crippen LogP contribution in [0.2, 0.25) is 0 Å². The SMILES string of the molecule is OB(O)c1ccc(CN2CCCOCC2)cc1. The molecule has 2 rings (SSSR count). The zero-order chi connectivity index (χ0) is 12.1. The average Bonchev–Trinajstić information content (AvgIpc) is 2.58. The molecule has 0 aliphatic carbocycles. The third-order valence-corrected chi connectivity index (χ3v) is 3.00. The molecule has 0 spiro atoms. The van der Waals surface area contributed by atoms with E-state index in [0.29, 0.717) is 5.46 Å². The number of hydrogen-bond acceptors (Lipinski definition) is 4. The van der Waals surface area contributed by atoms with E-state index in [4.69, 9.17) is 14.8 Å². The van der Waals surface area contributed by atoms with Crippen molar-refractivity contribution in [3.8, 4) is 0 Å². The molecule has 0 saturated carbocycles. The molecule has 0 amide bonds. The first-order chi connectivity index (χ1) is 8.25. The molecule has 0 radical (unpaired) electrons. The summed E-state index contributed by atoms with van der Waals surface area (Å²) in [5.74, 6) is 0. The maximum Gasteiger partial charge on any atom is 0.488 e. The van der Waals surface area contributed by atoms with Gasteiger partial charge in [-0.3, -0.25) is 4.90 Å². The maximum absolute atomic E-state index is 9.00. The van der Waals surface area contributed by atoms with Crippen molar-refractivity contribution in [1.82, 2.24) is 4.90 Å². The van der Waals surface area contributed by atoms with Gasteiger partial charge in [0.2, 0.25) is 0 Å². The second-order valence-corrected chi connectivity index (χ2v) is 4.36. The van der Waals surface area contributed by atoms with Gasteiger partial charge >= 0.3 is 7.12 Å². The maximum atomic E-state index is 9.00. The van der Waals surface area contributed by atoms with Gasteiger partial charge in [0.25, 0.3) is 0 Å². The summed E-state index contributed by atoms with van der Waals surface area (Å²) in [6.45, 7) is 4.57. The lowest BCUT2D eigenvalue weighted by Crippen LogP contribution is -2.30. The largest absolute Gasteiger partial charge is 0.488 e. The van der Waals surface area contributed by atoms with Crippen molar-refractivity contribution in [2.75, 3.05) is 26.3 Å². The molecule has 1 saturated heterocycles. The summed E-state index contributed by atoms with van der Waals surface area (Å²) in [7, 11) is -1.38. The fourth-order valence-corrected chi connectivity index (χ4v) is 2.01. The topological polar surface area (TPSA) is 52.9 Å². The molecule has 1 heterocycles. The Bertz CT molecular complexity index is 334. The van der Waals surface area contributed by atoms with Crippen LogP contribution >= 0.6 is 0 Å². The molecular weight excluding hydrogens is 217 g/mol. The summed E-state index contributed by atoms with van der Waals surface area (Å²) >= 11 is 0. The van der Waals surface area contributed by atoms with Crippen LogP contribution in [0.5, 0.6) is 0 Å². The molecule has 1 aromatic carbocycles. The van der Waals surface area contributed by atoms with Crippen molar-refractivity contribution >= 4 is 12.6 Å². The van der Waals surface area contributed by atoms with Crippen LogP contribution in [-0.4, -0.2) is 48.4 Å². The first-order valence-electron chi connectivity index (χ1n) is 6.01. The zero-order valence-corrected chi connectivity index (χ0v) is 9.88. The van der Waals surface area contributed by atoms with Gasteiger partial charge in [0.05, 0.1) is 6.61 Å². The highest BCUT2D eigenvalue weighted by Gasteiger charge is 2.12. The Morgan fingerprint density at radius 2 is 1.88 bits per heavy atom. The van der Waals surface area contributed by atoms with Gasteiger partial charge in [-0.25, -0.2) is 0 Å². The summed E-state index contributed by atoms with van der Waals surface area (Å²) in [4.78, 5) is 2.36. The highest BCUT2D eigenvalue weighted by molar-refractivity contribution is 6.58. The van der Waals surface area contributed by atoms with E-state index in [9.17, 15) is 0 Å². The number of ether oxygens (including phenoxy) is 1. The predicted molar refractivity (Wildman–Crippen MR) is 67.0 cm³/mol. The first kappa shape index (κ1) is 12.6. The highest BCUT2D eigenvalue weighted by atomic mass is 16.5. The number of nitrogens with zero attached hydrogens (tertiary/aromatic N) is 1. The van der Waals surface area contributed by atoms with Crippen LogP contribution in [0.3, 0.4) is 0 Å². The van der Waals surface area contributed by atoms with Crippen molar-refractivity contribution < 1.29 is 14.8 Å². The average molecular weight is 235 g/mol. The summed E-state index contributed by atoms with van der Waals surface area (Å²) < 4.78 is 5.41. The van der Waals surface area contributed by atoms with Crippen LogP contribution in [0.15, 0.2) is 24.3 Å². The van der Waals surface area contributed by atoms with Crippen LogP contribution in [0.1, 0.15) is 12.0 Å². The van der Waals surface area contributed by atoms with Gasteiger partial charge in [0, 0.05) is 26.2 Å². The van der Waals surface area contributed by atoms with Gasteiger partial charge in [0.15, 0.2) is 0 Å². The van der Waals surface area contributed by atoms with Crippen molar-refractivity contribution in [1.29, 1.82) is 0 Å². The second kappa shape index (κ2) is 6.16. The Morgan fingerprint density at radius 1 is 1.12 bits per heavy atom. The molecule has 1 fully saturated rings. The molecule has 92 valence electrons. The molecule has 5 heteroatoms. The minimum absolute atomic E-state index is 0.535. The van der Waals surface area contributed by atoms with E-state index in [-0.39, 0.29) is 0 Å². The molecule has 0 unspecified atom stereocenters. The molecule has 1 aliphatic heterocycles. The van der Waals surface area contributed by atoms with Gasteiger partial charge in [-0.2, -0.15) is 0 Å². The summed E-state index contributed by atoms with van der Waals surface area (Å²) in [6.07, 6.45) is 1.08. The van der Waals surface area contributed by atoms with Gasteiger partial charge < -0.3 is 14.8 Å². The predicted octanol–water partition coefficient (Wildman–Crippen LogP) is -0.411. The van der Waals surface area contributed by atoms with Crippen LogP contribution in [-0.2, 0) is 11.3 Å². The summed E-state index contributed by atoms with van der Waals surface area (Å²) in [6, 6.07) is 7.41. The molecule has 0 bridgehead atoms. The van der Waals surface area contributed by atoms with E-state index in [0.717, 1.165) is 39.3 Å². The molecule has 0 aromatic heterocycles. The molecule has 4 nitrogen and oxygen atoms in total. The Balaban J connectivity index is 1.93. The first-order valence-corrected chi connectivity index (χ1v) is 6.01. The van der Waals surface area contributed by atoms with Crippen molar-refractivity contribution in [3.05, 3.63) is 29.8 Å². The van der Waals surface area contributed by atoms with E-state index in [2.05, 4.69) is 4.90 Å². The minimum atomic E-state index is -1.38. The lowest BCUT2D eigenvalue weighted by molar-refractivity contribution is 0.140. The minimum Gasteiger partial charge on any atom is -0.423 e. The monoisotopic (exact) mass is 235 g/mol. The van der Waals surface area contributed by atoms with E-state index in [1.807, 2.05) is 12.1 Å². The van der Waals surface area contributed by atoms with Crippen molar-refractivity contribution in [2.45, 2.75) is 13.0 Å². The fraction of sp³-hybridized carbons (Fsp3) is 0.500. The molecule has 0 atom stereocenters. The molecule has 1 aliphatic rings. The van der Waals surface area contributed by atoms with Gasteiger partial charge in [-0.1, -0.05) is 24.3 Å². The van der Waals surface area contributed by atoms with Gasteiger partial charge in [-0.15, -0.1) is 0 Å². The van der Waals surface area contributed by atoms with E-state index >= 15 is 0 Å². The quantitative estimate of drug-likeness (QED) is 0.699. The van der Waals surface area contributed by atoms with Crippen LogP contribution < -0.4 is 5.46 Å². The molecule has 1 aromatic rings. The zero-order valence-electron chi connectivity index (χ0n) is 9.88. The van der Waals surface area contributed by atoms with Crippen molar-refractivity contribution in [2.24, 2.45) is 0 Å². The number of hydrogen-bond donors (Lipinski definition) is 2. The molecule has 2 N–H and O–H groups in total. The Kier molecular flexibility index (Phi) is 4.56. The molecular formula is C12H18BNO3. The lowest BCUT2D eigenvalue weighted by Gasteiger charge is -2.19. The van der Waals surface area contributed by atoms with E-state index in [1.54, 1.807) is 12.1 Å². The summed E-state index contributed by atoms with van der Waals surface area (Å²) in [5, 5.41) is 18.0. The van der Waals surface area contributed by atoms with Crippen LogP contribution in [0.25, 0.3) is 0 Å². The Labute approximate surface area is 102 Å². The highest BCUT2D eigenvalue weighted by Crippen LogP contribution is 2.06. The Hall–Kier alpha value is -0.875.